The number of hydrogen-bond donors (Lipinski definition) is 2. The first kappa shape index (κ1) is 16.3. The molecule has 0 aromatic carbocycles. The number of nitrogens with one attached hydrogen (secondary N) is 1. The minimum absolute atomic E-state index is 0.0137. The molecule has 3 aromatic heterocycles. The highest BCUT2D eigenvalue weighted by Gasteiger charge is 2.43. The highest BCUT2D eigenvalue weighted by Crippen LogP contribution is 2.46. The van der Waals surface area contributed by atoms with Crippen LogP contribution in [0.15, 0.2) is 41.7 Å². The largest absolute Gasteiger partial charge is 0.504 e. The molecule has 1 saturated carbocycles. The molecule has 4 rings (SSSR count). The van der Waals surface area contributed by atoms with E-state index >= 15 is 0 Å². The van der Waals surface area contributed by atoms with E-state index in [4.69, 9.17) is 0 Å². The van der Waals surface area contributed by atoms with Gasteiger partial charge in [0.25, 0.3) is 11.5 Å². The zero-order chi connectivity index (χ0) is 18.3. The van der Waals surface area contributed by atoms with E-state index in [2.05, 4.69) is 19.9 Å². The van der Waals surface area contributed by atoms with Crippen LogP contribution in [0.25, 0.3) is 5.65 Å². The summed E-state index contributed by atoms with van der Waals surface area (Å²) in [6.45, 7) is 3.24. The van der Waals surface area contributed by atoms with E-state index in [9.17, 15) is 14.7 Å². The molecule has 8 nitrogen and oxygen atoms in total. The smallest absolute Gasteiger partial charge is 0.270 e. The Bertz CT molecular complexity index is 1050. The van der Waals surface area contributed by atoms with Gasteiger partial charge in [-0.05, 0) is 31.9 Å². The van der Waals surface area contributed by atoms with Crippen LogP contribution in [0, 0.1) is 12.3 Å². The van der Waals surface area contributed by atoms with Crippen molar-refractivity contribution in [1.82, 2.24) is 24.3 Å². The molecule has 0 bridgehead atoms. The Morgan fingerprint density at radius 3 is 2.85 bits per heavy atom. The van der Waals surface area contributed by atoms with Crippen molar-refractivity contribution in [1.29, 1.82) is 0 Å². The lowest BCUT2D eigenvalue weighted by Crippen LogP contribution is -2.36. The second kappa shape index (κ2) is 5.98. The van der Waals surface area contributed by atoms with Crippen LogP contribution < -0.4 is 10.9 Å². The average molecular weight is 353 g/mol. The van der Waals surface area contributed by atoms with Crippen LogP contribution in [0.3, 0.4) is 0 Å². The molecule has 8 heteroatoms. The van der Waals surface area contributed by atoms with Crippen molar-refractivity contribution in [3.8, 4) is 5.75 Å². The van der Waals surface area contributed by atoms with Crippen molar-refractivity contribution in [3.63, 3.8) is 0 Å². The molecule has 0 atom stereocenters. The molecule has 2 N–H and O–H groups in total. The van der Waals surface area contributed by atoms with Crippen LogP contribution in [-0.2, 0) is 6.54 Å². The van der Waals surface area contributed by atoms with Gasteiger partial charge in [-0.15, -0.1) is 0 Å². The lowest BCUT2D eigenvalue weighted by Gasteiger charge is -2.17. The van der Waals surface area contributed by atoms with Gasteiger partial charge in [0, 0.05) is 43.3 Å². The Labute approximate surface area is 149 Å². The SMILES string of the molecule is Cc1nccn1CC1(CNC(=O)c2cnc3c(O)cccn3c2=O)CC1. The molecule has 0 unspecified atom stereocenters. The maximum Gasteiger partial charge on any atom is 0.270 e. The summed E-state index contributed by atoms with van der Waals surface area (Å²) in [6.07, 6.45) is 8.43. The maximum atomic E-state index is 12.5. The van der Waals surface area contributed by atoms with Crippen LogP contribution in [0.2, 0.25) is 0 Å². The zero-order valence-corrected chi connectivity index (χ0v) is 14.3. The van der Waals surface area contributed by atoms with Gasteiger partial charge in [-0.3, -0.25) is 14.0 Å². The molecular weight excluding hydrogens is 334 g/mol. The van der Waals surface area contributed by atoms with Crippen molar-refractivity contribution < 1.29 is 9.90 Å². The van der Waals surface area contributed by atoms with Crippen molar-refractivity contribution in [2.45, 2.75) is 26.3 Å². The van der Waals surface area contributed by atoms with Crippen LogP contribution in [-0.4, -0.2) is 36.5 Å². The molecule has 1 amide bonds. The molecular formula is C18H19N5O3. The highest BCUT2D eigenvalue weighted by molar-refractivity contribution is 5.93. The second-order valence-electron chi connectivity index (χ2n) is 6.85. The summed E-state index contributed by atoms with van der Waals surface area (Å²) in [5, 5.41) is 12.6. The average Bonchev–Trinajstić information content (AvgIpc) is 3.28. The number of pyridine rings is 1. The molecule has 0 saturated heterocycles. The number of aromatic nitrogens is 4. The number of aryl methyl sites for hydroxylation is 1. The zero-order valence-electron chi connectivity index (χ0n) is 14.3. The topological polar surface area (TPSA) is 102 Å². The fraction of sp³-hybridized carbons (Fsp3) is 0.333. The van der Waals surface area contributed by atoms with Crippen molar-refractivity contribution in [2.75, 3.05) is 6.54 Å². The first-order valence-electron chi connectivity index (χ1n) is 8.44. The van der Waals surface area contributed by atoms with Gasteiger partial charge in [0.2, 0.25) is 0 Å². The van der Waals surface area contributed by atoms with Crippen LogP contribution >= 0.6 is 0 Å². The van der Waals surface area contributed by atoms with Gasteiger partial charge in [-0.25, -0.2) is 9.97 Å². The van der Waals surface area contributed by atoms with Gasteiger partial charge >= 0.3 is 0 Å². The number of fused-ring (bicyclic) bond motifs is 1. The summed E-state index contributed by atoms with van der Waals surface area (Å²) in [6, 6.07) is 2.97. The quantitative estimate of drug-likeness (QED) is 0.716. The lowest BCUT2D eigenvalue weighted by atomic mass is 10.1. The summed E-state index contributed by atoms with van der Waals surface area (Å²) in [5.74, 6) is 0.387. The van der Waals surface area contributed by atoms with E-state index in [-0.39, 0.29) is 22.4 Å². The van der Waals surface area contributed by atoms with Crippen molar-refractivity contribution in [2.24, 2.45) is 5.41 Å². The summed E-state index contributed by atoms with van der Waals surface area (Å²) >= 11 is 0. The Kier molecular flexibility index (Phi) is 3.75. The Hall–Kier alpha value is -3.16. The molecule has 1 aliphatic carbocycles. The van der Waals surface area contributed by atoms with E-state index in [1.165, 1.54) is 28.9 Å². The number of aromatic hydroxyl groups is 1. The fourth-order valence-corrected chi connectivity index (χ4v) is 3.11. The molecule has 3 aromatic rings. The van der Waals surface area contributed by atoms with Gasteiger partial charge in [0.1, 0.15) is 11.4 Å². The number of hydrogen-bond acceptors (Lipinski definition) is 5. The first-order chi connectivity index (χ1) is 12.5. The Morgan fingerprint density at radius 2 is 2.15 bits per heavy atom. The summed E-state index contributed by atoms with van der Waals surface area (Å²) in [5.41, 5.74) is -0.399. The van der Waals surface area contributed by atoms with Gasteiger partial charge < -0.3 is 15.0 Å². The maximum absolute atomic E-state index is 12.5. The second-order valence-corrected chi connectivity index (χ2v) is 6.85. The van der Waals surface area contributed by atoms with E-state index in [1.807, 2.05) is 13.1 Å². The summed E-state index contributed by atoms with van der Waals surface area (Å²) in [7, 11) is 0. The van der Waals surface area contributed by atoms with Gasteiger partial charge in [-0.1, -0.05) is 0 Å². The number of rotatable bonds is 5. The normalized spacial score (nSPS) is 15.1. The van der Waals surface area contributed by atoms with Gasteiger partial charge in [-0.2, -0.15) is 0 Å². The molecule has 134 valence electrons. The molecule has 26 heavy (non-hydrogen) atoms. The number of nitrogens with zero attached hydrogens (tertiary/aromatic N) is 4. The third kappa shape index (κ3) is 2.83. The standard InChI is InChI=1S/C18H19N5O3/c1-12-19-6-8-22(12)11-18(4-5-18)10-21-16(25)13-9-20-15-14(24)3-2-7-23(15)17(13)26/h2-3,6-9,24H,4-5,10-11H2,1H3,(H,21,25). The number of carbonyl (C=O) groups excluding carboxylic acids is 1. The molecule has 1 aliphatic rings. The van der Waals surface area contributed by atoms with Crippen LogP contribution in [0.1, 0.15) is 29.0 Å². The highest BCUT2D eigenvalue weighted by atomic mass is 16.3. The third-order valence-corrected chi connectivity index (χ3v) is 4.97. The predicted molar refractivity (Wildman–Crippen MR) is 94.1 cm³/mol. The fourth-order valence-electron chi connectivity index (χ4n) is 3.11. The summed E-state index contributed by atoms with van der Waals surface area (Å²) < 4.78 is 3.25. The molecule has 0 radical (unpaired) electrons. The van der Waals surface area contributed by atoms with Crippen molar-refractivity contribution >= 4 is 11.6 Å². The minimum atomic E-state index is -0.501. The number of amides is 1. The van der Waals surface area contributed by atoms with E-state index in [0.29, 0.717) is 6.54 Å². The monoisotopic (exact) mass is 353 g/mol. The van der Waals surface area contributed by atoms with E-state index in [0.717, 1.165) is 25.2 Å². The lowest BCUT2D eigenvalue weighted by molar-refractivity contribution is 0.0940. The number of carbonyl (C=O) groups is 1. The summed E-state index contributed by atoms with van der Waals surface area (Å²) in [4.78, 5) is 33.3. The molecule has 3 heterocycles. The Balaban J connectivity index is 1.51. The van der Waals surface area contributed by atoms with E-state index in [1.54, 1.807) is 6.20 Å². The number of imidazole rings is 1. The van der Waals surface area contributed by atoms with E-state index < -0.39 is 11.5 Å². The molecule has 0 spiro atoms. The van der Waals surface area contributed by atoms with Crippen molar-refractivity contribution in [3.05, 3.63) is 58.7 Å². The minimum Gasteiger partial charge on any atom is -0.504 e. The first-order valence-corrected chi connectivity index (χ1v) is 8.44. The van der Waals surface area contributed by atoms with Crippen LogP contribution in [0.5, 0.6) is 5.75 Å². The molecule has 0 aliphatic heterocycles. The van der Waals surface area contributed by atoms with Gasteiger partial charge in [0.05, 0.1) is 0 Å². The van der Waals surface area contributed by atoms with Crippen LogP contribution in [0.4, 0.5) is 0 Å². The Morgan fingerprint density at radius 1 is 1.35 bits per heavy atom. The predicted octanol–water partition coefficient (Wildman–Crippen LogP) is 1.12. The third-order valence-electron chi connectivity index (χ3n) is 4.97. The van der Waals surface area contributed by atoms with Gasteiger partial charge in [0.15, 0.2) is 11.4 Å². The molecule has 1 fully saturated rings.